The van der Waals surface area contributed by atoms with Gasteiger partial charge in [-0.25, -0.2) is 0 Å². The van der Waals surface area contributed by atoms with Crippen molar-refractivity contribution < 1.29 is 10.2 Å². The highest BCUT2D eigenvalue weighted by Gasteiger charge is 2.09. The van der Waals surface area contributed by atoms with Gasteiger partial charge >= 0.3 is 0 Å². The maximum atomic E-state index is 9.60. The third kappa shape index (κ3) is 2.79. The highest BCUT2D eigenvalue weighted by atomic mass is 79.9. The quantitative estimate of drug-likeness (QED) is 0.856. The van der Waals surface area contributed by atoms with Gasteiger partial charge in [-0.1, -0.05) is 28.1 Å². The first-order chi connectivity index (χ1) is 6.15. The van der Waals surface area contributed by atoms with Crippen molar-refractivity contribution in [1.82, 2.24) is 0 Å². The average Bonchev–Trinajstić information content (AvgIpc) is 2.04. The molecule has 1 rings (SSSR count). The molecule has 0 fully saturated rings. The van der Waals surface area contributed by atoms with Gasteiger partial charge in [-0.05, 0) is 24.1 Å². The van der Waals surface area contributed by atoms with Gasteiger partial charge in [0.1, 0.15) is 0 Å². The van der Waals surface area contributed by atoms with E-state index in [9.17, 15) is 5.11 Å². The summed E-state index contributed by atoms with van der Waals surface area (Å²) in [6, 6.07) is 5.77. The largest absolute Gasteiger partial charge is 0.396 e. The second kappa shape index (κ2) is 4.74. The molecule has 1 aromatic carbocycles. The van der Waals surface area contributed by atoms with Crippen molar-refractivity contribution in [2.24, 2.45) is 0 Å². The highest BCUT2D eigenvalue weighted by molar-refractivity contribution is 9.10. The number of rotatable bonds is 3. The zero-order valence-electron chi connectivity index (χ0n) is 7.50. The zero-order chi connectivity index (χ0) is 9.84. The maximum absolute atomic E-state index is 9.60. The van der Waals surface area contributed by atoms with Gasteiger partial charge in [0.2, 0.25) is 0 Å². The molecule has 0 spiro atoms. The van der Waals surface area contributed by atoms with Gasteiger partial charge < -0.3 is 10.2 Å². The van der Waals surface area contributed by atoms with Crippen LogP contribution in [0.4, 0.5) is 0 Å². The minimum atomic E-state index is -0.583. The van der Waals surface area contributed by atoms with Crippen LogP contribution in [0.25, 0.3) is 0 Å². The van der Waals surface area contributed by atoms with Gasteiger partial charge in [0.05, 0.1) is 6.10 Å². The summed E-state index contributed by atoms with van der Waals surface area (Å²) in [6.07, 6.45) is -0.207. The molecule has 1 unspecified atom stereocenters. The van der Waals surface area contributed by atoms with Crippen molar-refractivity contribution >= 4 is 15.9 Å². The highest BCUT2D eigenvalue weighted by Crippen LogP contribution is 2.26. The third-order valence-corrected chi connectivity index (χ3v) is 2.60. The van der Waals surface area contributed by atoms with Crippen LogP contribution in [0.3, 0.4) is 0 Å². The summed E-state index contributed by atoms with van der Waals surface area (Å²) < 4.78 is 0.897. The van der Waals surface area contributed by atoms with Crippen LogP contribution in [-0.4, -0.2) is 16.8 Å². The lowest BCUT2D eigenvalue weighted by molar-refractivity contribution is 0.134. The first-order valence-electron chi connectivity index (χ1n) is 4.20. The fourth-order valence-electron chi connectivity index (χ4n) is 1.18. The number of hydrogen-bond donors (Lipinski definition) is 2. The van der Waals surface area contributed by atoms with E-state index in [1.54, 1.807) is 0 Å². The molecule has 2 N–H and O–H groups in total. The van der Waals surface area contributed by atoms with Gasteiger partial charge in [0.25, 0.3) is 0 Å². The number of aliphatic hydroxyl groups is 2. The predicted molar refractivity (Wildman–Crippen MR) is 55.5 cm³/mol. The predicted octanol–water partition coefficient (Wildman–Crippen LogP) is 2.17. The van der Waals surface area contributed by atoms with Crippen molar-refractivity contribution in [3.63, 3.8) is 0 Å². The van der Waals surface area contributed by atoms with E-state index in [2.05, 4.69) is 15.9 Å². The molecule has 1 atom stereocenters. The van der Waals surface area contributed by atoms with Gasteiger partial charge in [-0.3, -0.25) is 0 Å². The molecule has 0 radical (unpaired) electrons. The Balaban J connectivity index is 2.88. The summed E-state index contributed by atoms with van der Waals surface area (Å²) >= 11 is 3.38. The first kappa shape index (κ1) is 10.7. The monoisotopic (exact) mass is 244 g/mol. The average molecular weight is 245 g/mol. The van der Waals surface area contributed by atoms with E-state index < -0.39 is 6.10 Å². The molecule has 0 aliphatic heterocycles. The van der Waals surface area contributed by atoms with Gasteiger partial charge in [0.15, 0.2) is 0 Å². The van der Waals surface area contributed by atoms with Crippen LogP contribution >= 0.6 is 15.9 Å². The van der Waals surface area contributed by atoms with Crippen molar-refractivity contribution in [3.8, 4) is 0 Å². The van der Waals surface area contributed by atoms with E-state index in [4.69, 9.17) is 5.11 Å². The summed E-state index contributed by atoms with van der Waals surface area (Å²) in [7, 11) is 0. The van der Waals surface area contributed by atoms with E-state index in [-0.39, 0.29) is 6.61 Å². The normalized spacial score (nSPS) is 12.9. The fraction of sp³-hybridized carbons (Fsp3) is 0.400. The Morgan fingerprint density at radius 1 is 1.46 bits per heavy atom. The number of benzene rings is 1. The first-order valence-corrected chi connectivity index (χ1v) is 4.99. The second-order valence-corrected chi connectivity index (χ2v) is 3.91. The Kier molecular flexibility index (Phi) is 3.90. The summed E-state index contributed by atoms with van der Waals surface area (Å²) in [5, 5.41) is 18.3. The number of aryl methyl sites for hydroxylation is 1. The molecule has 0 heterocycles. The van der Waals surface area contributed by atoms with Crippen LogP contribution in [0.5, 0.6) is 0 Å². The molecular weight excluding hydrogens is 232 g/mol. The van der Waals surface area contributed by atoms with E-state index >= 15 is 0 Å². The van der Waals surface area contributed by atoms with Crippen LogP contribution in [-0.2, 0) is 0 Å². The van der Waals surface area contributed by atoms with Crippen LogP contribution in [0.15, 0.2) is 22.7 Å². The Hall–Kier alpha value is -0.380. The maximum Gasteiger partial charge on any atom is 0.0822 e. The molecule has 13 heavy (non-hydrogen) atoms. The lowest BCUT2D eigenvalue weighted by atomic mass is 10.1. The van der Waals surface area contributed by atoms with Gasteiger partial charge in [-0.15, -0.1) is 0 Å². The van der Waals surface area contributed by atoms with Gasteiger partial charge in [0, 0.05) is 17.5 Å². The molecule has 0 bridgehead atoms. The molecule has 0 aliphatic rings. The van der Waals surface area contributed by atoms with Crippen LogP contribution < -0.4 is 0 Å². The number of hydrogen-bond acceptors (Lipinski definition) is 2. The van der Waals surface area contributed by atoms with E-state index in [0.717, 1.165) is 15.6 Å². The molecule has 1 aromatic rings. The fourth-order valence-corrected chi connectivity index (χ4v) is 1.94. The van der Waals surface area contributed by atoms with E-state index in [1.807, 2.05) is 25.1 Å². The van der Waals surface area contributed by atoms with Crippen molar-refractivity contribution in [1.29, 1.82) is 0 Å². The van der Waals surface area contributed by atoms with Crippen molar-refractivity contribution in [2.45, 2.75) is 19.4 Å². The van der Waals surface area contributed by atoms with E-state index in [0.29, 0.717) is 6.42 Å². The molecule has 0 aromatic heterocycles. The smallest absolute Gasteiger partial charge is 0.0822 e. The Labute approximate surface area is 86.3 Å². The molecular formula is C10H13BrO2. The van der Waals surface area contributed by atoms with E-state index in [1.165, 1.54) is 0 Å². The summed E-state index contributed by atoms with van der Waals surface area (Å²) in [5.74, 6) is 0. The SMILES string of the molecule is Cc1ccc(C(O)CCO)c(Br)c1. The molecule has 0 aliphatic carbocycles. The molecule has 0 saturated carbocycles. The topological polar surface area (TPSA) is 40.5 Å². The Morgan fingerprint density at radius 2 is 2.15 bits per heavy atom. The lowest BCUT2D eigenvalue weighted by Gasteiger charge is -2.11. The van der Waals surface area contributed by atoms with Crippen molar-refractivity contribution in [2.75, 3.05) is 6.61 Å². The minimum Gasteiger partial charge on any atom is -0.396 e. The van der Waals surface area contributed by atoms with Crippen LogP contribution in [0.1, 0.15) is 23.7 Å². The van der Waals surface area contributed by atoms with Crippen LogP contribution in [0, 0.1) is 6.92 Å². The lowest BCUT2D eigenvalue weighted by Crippen LogP contribution is -2.01. The van der Waals surface area contributed by atoms with Gasteiger partial charge in [-0.2, -0.15) is 0 Å². The number of aliphatic hydroxyl groups excluding tert-OH is 2. The standard InChI is InChI=1S/C10H13BrO2/c1-7-2-3-8(9(11)6-7)10(13)4-5-12/h2-3,6,10,12-13H,4-5H2,1H3. The Bertz CT molecular complexity index is 286. The molecule has 3 heteroatoms. The molecule has 2 nitrogen and oxygen atoms in total. The molecule has 0 amide bonds. The summed E-state index contributed by atoms with van der Waals surface area (Å²) in [5.41, 5.74) is 1.98. The minimum absolute atomic E-state index is 0.00147. The summed E-state index contributed by atoms with van der Waals surface area (Å²) in [4.78, 5) is 0. The zero-order valence-corrected chi connectivity index (χ0v) is 9.08. The molecule has 0 saturated heterocycles. The number of halogens is 1. The van der Waals surface area contributed by atoms with Crippen molar-refractivity contribution in [3.05, 3.63) is 33.8 Å². The summed E-state index contributed by atoms with van der Waals surface area (Å²) in [6.45, 7) is 1.99. The Morgan fingerprint density at radius 3 is 2.69 bits per heavy atom. The molecule has 72 valence electrons. The van der Waals surface area contributed by atoms with Crippen LogP contribution in [0.2, 0.25) is 0 Å². The third-order valence-electron chi connectivity index (χ3n) is 1.92. The second-order valence-electron chi connectivity index (χ2n) is 3.05.